The number of anilines is 2. The molecule has 32 heavy (non-hydrogen) atoms. The smallest absolute Gasteiger partial charge is 0.236 e. The number of likely N-dealkylation sites (N-methyl/N-ethyl adjacent to an activating group) is 1. The zero-order chi connectivity index (χ0) is 23.4. The van der Waals surface area contributed by atoms with Gasteiger partial charge in [-0.3, -0.25) is 9.59 Å². The molecular weight excluding hydrogens is 452 g/mol. The molecular formula is C24H26Cl2FN3O2. The fourth-order valence-electron chi connectivity index (χ4n) is 4.92. The molecule has 4 rings (SSSR count). The number of nitrogens with zero attached hydrogens (tertiary/aromatic N) is 2. The van der Waals surface area contributed by atoms with Crippen molar-refractivity contribution < 1.29 is 14.0 Å². The maximum absolute atomic E-state index is 15.1. The summed E-state index contributed by atoms with van der Waals surface area (Å²) < 4.78 is 15.1. The molecule has 0 bridgehead atoms. The van der Waals surface area contributed by atoms with Gasteiger partial charge in [0.1, 0.15) is 5.82 Å². The molecule has 0 spiro atoms. The standard InChI is InChI=1S/C24H26Cl2FN3O2/c1-5-19(31)30-11-10-24(13-30,20-17(27)9-8-16(25)21(20)26)28-14-6-7-15-18(12-14)29(4)22(32)23(15,2)3/h6-9,12,28H,5,10-11,13H2,1-4H3/t24-/m1/s1. The van der Waals surface area contributed by atoms with Crippen molar-refractivity contribution >= 4 is 46.4 Å². The molecule has 1 fully saturated rings. The van der Waals surface area contributed by atoms with Crippen molar-refractivity contribution in [2.75, 3.05) is 30.4 Å². The second-order valence-electron chi connectivity index (χ2n) is 9.07. The first-order valence-corrected chi connectivity index (χ1v) is 11.4. The molecule has 0 saturated carbocycles. The van der Waals surface area contributed by atoms with E-state index in [0.29, 0.717) is 25.1 Å². The van der Waals surface area contributed by atoms with Gasteiger partial charge in [0.15, 0.2) is 0 Å². The van der Waals surface area contributed by atoms with Crippen LogP contribution in [0.1, 0.15) is 44.7 Å². The van der Waals surface area contributed by atoms with Gasteiger partial charge in [-0.1, -0.05) is 36.2 Å². The third-order valence-corrected chi connectivity index (χ3v) is 7.51. The molecule has 0 unspecified atom stereocenters. The van der Waals surface area contributed by atoms with Gasteiger partial charge in [0.05, 0.1) is 21.0 Å². The summed E-state index contributed by atoms with van der Waals surface area (Å²) in [5, 5.41) is 3.86. The van der Waals surface area contributed by atoms with E-state index in [9.17, 15) is 9.59 Å². The number of fused-ring (bicyclic) bond motifs is 1. The highest BCUT2D eigenvalue weighted by molar-refractivity contribution is 6.42. The summed E-state index contributed by atoms with van der Waals surface area (Å²) in [4.78, 5) is 28.5. The normalized spacial score (nSPS) is 21.8. The van der Waals surface area contributed by atoms with Crippen LogP contribution in [0.4, 0.5) is 15.8 Å². The zero-order valence-corrected chi connectivity index (χ0v) is 20.1. The van der Waals surface area contributed by atoms with Crippen molar-refractivity contribution in [2.24, 2.45) is 0 Å². The van der Waals surface area contributed by atoms with E-state index in [2.05, 4.69) is 5.32 Å². The van der Waals surface area contributed by atoms with Crippen molar-refractivity contribution in [2.45, 2.75) is 44.6 Å². The van der Waals surface area contributed by atoms with Crippen LogP contribution in [0.25, 0.3) is 0 Å². The van der Waals surface area contributed by atoms with Crippen LogP contribution in [0.5, 0.6) is 0 Å². The van der Waals surface area contributed by atoms with Crippen LogP contribution in [0.15, 0.2) is 30.3 Å². The fraction of sp³-hybridized carbons (Fsp3) is 0.417. The van der Waals surface area contributed by atoms with Gasteiger partial charge in [0.2, 0.25) is 11.8 Å². The molecule has 1 saturated heterocycles. The monoisotopic (exact) mass is 477 g/mol. The van der Waals surface area contributed by atoms with E-state index < -0.39 is 16.8 Å². The topological polar surface area (TPSA) is 52.7 Å². The van der Waals surface area contributed by atoms with Crippen molar-refractivity contribution in [1.29, 1.82) is 0 Å². The Labute approximate surface area is 197 Å². The average Bonchev–Trinajstić information content (AvgIpc) is 3.25. The van der Waals surface area contributed by atoms with Crippen LogP contribution < -0.4 is 10.2 Å². The SMILES string of the molecule is CCC(=O)N1CC[C@](Nc2ccc3c(c2)N(C)C(=O)C3(C)C)(c2c(F)ccc(Cl)c2Cl)C1. The van der Waals surface area contributed by atoms with Crippen LogP contribution >= 0.6 is 23.2 Å². The molecule has 1 atom stereocenters. The van der Waals surface area contributed by atoms with Gasteiger partial charge in [-0.05, 0) is 50.1 Å². The summed E-state index contributed by atoms with van der Waals surface area (Å²) in [7, 11) is 1.75. The molecule has 0 aliphatic carbocycles. The lowest BCUT2D eigenvalue weighted by Gasteiger charge is -2.34. The summed E-state index contributed by atoms with van der Waals surface area (Å²) in [6, 6.07) is 8.43. The van der Waals surface area contributed by atoms with Crippen LogP contribution in [0, 0.1) is 5.82 Å². The van der Waals surface area contributed by atoms with Gasteiger partial charge in [0.25, 0.3) is 0 Å². The second kappa shape index (κ2) is 7.92. The number of hydrogen-bond acceptors (Lipinski definition) is 3. The van der Waals surface area contributed by atoms with E-state index in [4.69, 9.17) is 23.2 Å². The maximum Gasteiger partial charge on any atom is 0.236 e. The molecule has 0 radical (unpaired) electrons. The summed E-state index contributed by atoms with van der Waals surface area (Å²) in [6.07, 6.45) is 0.829. The van der Waals surface area contributed by atoms with Crippen LogP contribution in [0.3, 0.4) is 0 Å². The van der Waals surface area contributed by atoms with Crippen molar-refractivity contribution in [3.63, 3.8) is 0 Å². The number of amides is 2. The lowest BCUT2D eigenvalue weighted by atomic mass is 9.85. The minimum atomic E-state index is -0.957. The van der Waals surface area contributed by atoms with E-state index in [1.54, 1.807) is 23.8 Å². The number of likely N-dealkylation sites (tertiary alicyclic amines) is 1. The van der Waals surface area contributed by atoms with Crippen molar-refractivity contribution in [1.82, 2.24) is 4.90 Å². The summed E-state index contributed by atoms with van der Waals surface area (Å²) in [6.45, 7) is 6.33. The predicted molar refractivity (Wildman–Crippen MR) is 126 cm³/mol. The molecule has 2 amide bonds. The first-order valence-electron chi connectivity index (χ1n) is 10.6. The molecule has 2 heterocycles. The third-order valence-electron chi connectivity index (χ3n) is 6.70. The Morgan fingerprint density at radius 1 is 1.22 bits per heavy atom. The van der Waals surface area contributed by atoms with Gasteiger partial charge in [-0.2, -0.15) is 0 Å². The van der Waals surface area contributed by atoms with Crippen LogP contribution in [0.2, 0.25) is 10.0 Å². The van der Waals surface area contributed by atoms with E-state index in [1.807, 2.05) is 32.0 Å². The Hall–Kier alpha value is -2.31. The largest absolute Gasteiger partial charge is 0.373 e. The highest BCUT2D eigenvalue weighted by atomic mass is 35.5. The lowest BCUT2D eigenvalue weighted by molar-refractivity contribution is -0.130. The number of carbonyl (C=O) groups excluding carboxylic acids is 2. The molecule has 170 valence electrons. The van der Waals surface area contributed by atoms with Gasteiger partial charge >= 0.3 is 0 Å². The number of hydrogen-bond donors (Lipinski definition) is 1. The van der Waals surface area contributed by atoms with Gasteiger partial charge in [0, 0.05) is 43.5 Å². The van der Waals surface area contributed by atoms with Crippen LogP contribution in [-0.4, -0.2) is 36.9 Å². The average molecular weight is 478 g/mol. The quantitative estimate of drug-likeness (QED) is 0.604. The van der Waals surface area contributed by atoms with Gasteiger partial charge in [-0.15, -0.1) is 0 Å². The van der Waals surface area contributed by atoms with Crippen molar-refractivity contribution in [3.05, 3.63) is 57.3 Å². The molecule has 2 aliphatic rings. The molecule has 2 aromatic rings. The van der Waals surface area contributed by atoms with Gasteiger partial charge in [-0.25, -0.2) is 4.39 Å². The Morgan fingerprint density at radius 2 is 1.94 bits per heavy atom. The highest BCUT2D eigenvalue weighted by Gasteiger charge is 2.46. The Kier molecular flexibility index (Phi) is 5.66. The van der Waals surface area contributed by atoms with Crippen molar-refractivity contribution in [3.8, 4) is 0 Å². The summed E-state index contributed by atoms with van der Waals surface area (Å²) in [5.74, 6) is -0.468. The summed E-state index contributed by atoms with van der Waals surface area (Å²) >= 11 is 12.7. The van der Waals surface area contributed by atoms with E-state index in [0.717, 1.165) is 11.3 Å². The molecule has 0 aromatic heterocycles. The molecule has 1 N–H and O–H groups in total. The minimum absolute atomic E-state index is 0.00623. The molecule has 8 heteroatoms. The number of carbonyl (C=O) groups is 2. The first-order chi connectivity index (χ1) is 15.0. The first kappa shape index (κ1) is 22.9. The third kappa shape index (κ3) is 3.44. The molecule has 5 nitrogen and oxygen atoms in total. The lowest BCUT2D eigenvalue weighted by Crippen LogP contribution is -2.41. The molecule has 2 aliphatic heterocycles. The summed E-state index contributed by atoms with van der Waals surface area (Å²) in [5.41, 5.74) is 1.14. The van der Waals surface area contributed by atoms with Crippen LogP contribution in [-0.2, 0) is 20.5 Å². The zero-order valence-electron chi connectivity index (χ0n) is 18.6. The number of benzene rings is 2. The van der Waals surface area contributed by atoms with E-state index in [1.165, 1.54) is 12.1 Å². The second-order valence-corrected chi connectivity index (χ2v) is 9.85. The number of rotatable bonds is 4. The number of nitrogens with one attached hydrogen (secondary N) is 1. The predicted octanol–water partition coefficient (Wildman–Crippen LogP) is 5.34. The Morgan fingerprint density at radius 3 is 2.62 bits per heavy atom. The minimum Gasteiger partial charge on any atom is -0.373 e. The van der Waals surface area contributed by atoms with Gasteiger partial charge < -0.3 is 15.1 Å². The Bertz CT molecular complexity index is 1120. The Balaban J connectivity index is 1.80. The fourth-order valence-corrected chi connectivity index (χ4v) is 5.41. The highest BCUT2D eigenvalue weighted by Crippen LogP contribution is 2.46. The number of halogens is 3. The van der Waals surface area contributed by atoms with E-state index in [-0.39, 0.29) is 34.0 Å². The maximum atomic E-state index is 15.1. The van der Waals surface area contributed by atoms with E-state index >= 15 is 4.39 Å². The molecule has 2 aromatic carbocycles.